The lowest BCUT2D eigenvalue weighted by Crippen LogP contribution is -2.40. The van der Waals surface area contributed by atoms with E-state index in [2.05, 4.69) is 5.32 Å². The molecule has 0 radical (unpaired) electrons. The van der Waals surface area contributed by atoms with E-state index in [-0.39, 0.29) is 23.5 Å². The summed E-state index contributed by atoms with van der Waals surface area (Å²) in [6.07, 6.45) is 0.251. The molecule has 1 heterocycles. The standard InChI is InChI=1S/C17H23N3O5/c1-3-18-16(21)12(2)25-17(22)13-8-10-19(11-9-13)14-6-4-5-7-15(14)20(23)24/h4-7,12-13H,3,8-11H2,1-2H3,(H,18,21)/t12-/m0/s1. The quantitative estimate of drug-likeness (QED) is 0.478. The highest BCUT2D eigenvalue weighted by molar-refractivity contribution is 5.84. The zero-order valence-corrected chi connectivity index (χ0v) is 14.4. The number of hydrogen-bond acceptors (Lipinski definition) is 6. The van der Waals surface area contributed by atoms with Gasteiger partial charge in [-0.3, -0.25) is 19.7 Å². The molecule has 1 aliphatic heterocycles. The predicted octanol–water partition coefficient (Wildman–Crippen LogP) is 1.88. The van der Waals surface area contributed by atoms with Gasteiger partial charge in [-0.15, -0.1) is 0 Å². The molecule has 1 atom stereocenters. The average Bonchev–Trinajstić information content (AvgIpc) is 2.62. The van der Waals surface area contributed by atoms with Crippen LogP contribution in [0.5, 0.6) is 0 Å². The molecule has 0 spiro atoms. The van der Waals surface area contributed by atoms with E-state index in [1.54, 1.807) is 32.0 Å². The molecule has 1 fully saturated rings. The summed E-state index contributed by atoms with van der Waals surface area (Å²) in [4.78, 5) is 36.5. The number of esters is 1. The van der Waals surface area contributed by atoms with Crippen molar-refractivity contribution in [2.24, 2.45) is 5.92 Å². The molecular formula is C17H23N3O5. The SMILES string of the molecule is CCNC(=O)[C@H](C)OC(=O)C1CCN(c2ccccc2[N+](=O)[O-])CC1. The number of anilines is 1. The molecule has 1 amide bonds. The van der Waals surface area contributed by atoms with Crippen molar-refractivity contribution in [3.8, 4) is 0 Å². The van der Waals surface area contributed by atoms with Crippen LogP contribution in [-0.4, -0.2) is 42.5 Å². The average molecular weight is 349 g/mol. The van der Waals surface area contributed by atoms with Gasteiger partial charge in [0.25, 0.3) is 11.6 Å². The number of benzene rings is 1. The van der Waals surface area contributed by atoms with Crippen LogP contribution in [0.2, 0.25) is 0 Å². The molecule has 0 aromatic heterocycles. The molecule has 0 aliphatic carbocycles. The van der Waals surface area contributed by atoms with Crippen LogP contribution in [0.4, 0.5) is 11.4 Å². The van der Waals surface area contributed by atoms with Gasteiger partial charge in [0.15, 0.2) is 6.10 Å². The van der Waals surface area contributed by atoms with Crippen LogP contribution in [0.25, 0.3) is 0 Å². The summed E-state index contributed by atoms with van der Waals surface area (Å²) >= 11 is 0. The lowest BCUT2D eigenvalue weighted by molar-refractivity contribution is -0.384. The highest BCUT2D eigenvalue weighted by Gasteiger charge is 2.30. The monoisotopic (exact) mass is 349 g/mol. The van der Waals surface area contributed by atoms with Crippen LogP contribution in [0.1, 0.15) is 26.7 Å². The van der Waals surface area contributed by atoms with E-state index in [0.717, 1.165) is 0 Å². The molecular weight excluding hydrogens is 326 g/mol. The predicted molar refractivity (Wildman–Crippen MR) is 92.3 cm³/mol. The summed E-state index contributed by atoms with van der Waals surface area (Å²) in [6, 6.07) is 6.59. The van der Waals surface area contributed by atoms with Crippen molar-refractivity contribution in [2.45, 2.75) is 32.8 Å². The first kappa shape index (κ1) is 18.7. The number of likely N-dealkylation sites (N-methyl/N-ethyl adjacent to an activating group) is 1. The van der Waals surface area contributed by atoms with E-state index >= 15 is 0 Å². The molecule has 0 saturated carbocycles. The molecule has 8 nitrogen and oxygen atoms in total. The van der Waals surface area contributed by atoms with Crippen LogP contribution in [0, 0.1) is 16.0 Å². The van der Waals surface area contributed by atoms with Gasteiger partial charge in [0.05, 0.1) is 10.8 Å². The molecule has 0 bridgehead atoms. The number of carbonyl (C=O) groups excluding carboxylic acids is 2. The highest BCUT2D eigenvalue weighted by Crippen LogP contribution is 2.31. The number of nitro benzene ring substituents is 1. The Bertz CT molecular complexity index is 641. The first-order valence-corrected chi connectivity index (χ1v) is 8.40. The Kier molecular flexibility index (Phi) is 6.32. The van der Waals surface area contributed by atoms with Crippen molar-refractivity contribution in [1.29, 1.82) is 0 Å². The van der Waals surface area contributed by atoms with Gasteiger partial charge in [0, 0.05) is 25.7 Å². The van der Waals surface area contributed by atoms with Crippen molar-refractivity contribution in [3.63, 3.8) is 0 Å². The zero-order chi connectivity index (χ0) is 18.4. The molecule has 0 unspecified atom stereocenters. The first-order chi connectivity index (χ1) is 11.9. The minimum absolute atomic E-state index is 0.0633. The Morgan fingerprint density at radius 1 is 1.36 bits per heavy atom. The van der Waals surface area contributed by atoms with E-state index in [1.165, 1.54) is 6.07 Å². The van der Waals surface area contributed by atoms with Gasteiger partial charge in [0.1, 0.15) is 5.69 Å². The van der Waals surface area contributed by atoms with Crippen LogP contribution in [-0.2, 0) is 14.3 Å². The summed E-state index contributed by atoms with van der Waals surface area (Å²) < 4.78 is 5.23. The topological polar surface area (TPSA) is 102 Å². The second-order valence-corrected chi connectivity index (χ2v) is 5.98. The van der Waals surface area contributed by atoms with Gasteiger partial charge >= 0.3 is 5.97 Å². The van der Waals surface area contributed by atoms with Crippen molar-refractivity contribution < 1.29 is 19.2 Å². The molecule has 1 saturated heterocycles. The molecule has 25 heavy (non-hydrogen) atoms. The number of nitrogens with one attached hydrogen (secondary N) is 1. The third-order valence-corrected chi connectivity index (χ3v) is 4.26. The third kappa shape index (κ3) is 4.68. The largest absolute Gasteiger partial charge is 0.452 e. The van der Waals surface area contributed by atoms with Gasteiger partial charge < -0.3 is 15.0 Å². The maximum Gasteiger partial charge on any atom is 0.309 e. The molecule has 1 aliphatic rings. The summed E-state index contributed by atoms with van der Waals surface area (Å²) in [5.41, 5.74) is 0.628. The Balaban J connectivity index is 1.92. The van der Waals surface area contributed by atoms with Crippen LogP contribution in [0.3, 0.4) is 0 Å². The number of carbonyl (C=O) groups is 2. The van der Waals surface area contributed by atoms with Gasteiger partial charge in [-0.05, 0) is 32.8 Å². The number of amides is 1. The maximum atomic E-state index is 12.2. The lowest BCUT2D eigenvalue weighted by Gasteiger charge is -2.32. The van der Waals surface area contributed by atoms with Crippen LogP contribution < -0.4 is 10.2 Å². The maximum absolute atomic E-state index is 12.2. The highest BCUT2D eigenvalue weighted by atomic mass is 16.6. The molecule has 1 aromatic rings. The fourth-order valence-corrected chi connectivity index (χ4v) is 2.88. The van der Waals surface area contributed by atoms with Gasteiger partial charge in [0.2, 0.25) is 0 Å². The van der Waals surface area contributed by atoms with E-state index in [0.29, 0.717) is 38.2 Å². The fourth-order valence-electron chi connectivity index (χ4n) is 2.88. The van der Waals surface area contributed by atoms with E-state index in [4.69, 9.17) is 4.74 Å². The summed E-state index contributed by atoms with van der Waals surface area (Å²) in [5.74, 6) is -0.995. The van der Waals surface area contributed by atoms with Gasteiger partial charge in [-0.2, -0.15) is 0 Å². The normalized spacial score (nSPS) is 16.2. The molecule has 8 heteroatoms. The Morgan fingerprint density at radius 2 is 2.00 bits per heavy atom. The second-order valence-electron chi connectivity index (χ2n) is 5.98. The second kappa shape index (κ2) is 8.46. The van der Waals surface area contributed by atoms with Crippen LogP contribution >= 0.6 is 0 Å². The Hall–Kier alpha value is -2.64. The number of nitrogens with zero attached hydrogens (tertiary/aromatic N) is 2. The van der Waals surface area contributed by atoms with E-state index in [1.807, 2.05) is 4.90 Å². The number of ether oxygens (including phenoxy) is 1. The van der Waals surface area contributed by atoms with Gasteiger partial charge in [-0.25, -0.2) is 0 Å². The van der Waals surface area contributed by atoms with Crippen molar-refractivity contribution in [3.05, 3.63) is 34.4 Å². The minimum atomic E-state index is -0.819. The van der Waals surface area contributed by atoms with Crippen molar-refractivity contribution >= 4 is 23.3 Å². The number of hydrogen-bond donors (Lipinski definition) is 1. The Labute approximate surface area is 146 Å². The first-order valence-electron chi connectivity index (χ1n) is 8.40. The number of para-hydroxylation sites is 2. The molecule has 1 N–H and O–H groups in total. The number of piperidine rings is 1. The molecule has 1 aromatic carbocycles. The van der Waals surface area contributed by atoms with E-state index < -0.39 is 11.0 Å². The summed E-state index contributed by atoms with van der Waals surface area (Å²) in [5, 5.41) is 13.8. The van der Waals surface area contributed by atoms with Gasteiger partial charge in [-0.1, -0.05) is 12.1 Å². The van der Waals surface area contributed by atoms with Crippen molar-refractivity contribution in [1.82, 2.24) is 5.32 Å². The van der Waals surface area contributed by atoms with E-state index in [9.17, 15) is 19.7 Å². The smallest absolute Gasteiger partial charge is 0.309 e. The minimum Gasteiger partial charge on any atom is -0.452 e. The summed E-state index contributed by atoms with van der Waals surface area (Å²) in [6.45, 7) is 4.88. The molecule has 2 rings (SSSR count). The summed E-state index contributed by atoms with van der Waals surface area (Å²) in [7, 11) is 0. The fraction of sp³-hybridized carbons (Fsp3) is 0.529. The zero-order valence-electron chi connectivity index (χ0n) is 14.4. The van der Waals surface area contributed by atoms with Crippen molar-refractivity contribution in [2.75, 3.05) is 24.5 Å². The Morgan fingerprint density at radius 3 is 2.60 bits per heavy atom. The number of nitro groups is 1. The number of rotatable bonds is 6. The lowest BCUT2D eigenvalue weighted by atomic mass is 9.96. The third-order valence-electron chi connectivity index (χ3n) is 4.26. The molecule has 136 valence electrons. The van der Waals surface area contributed by atoms with Crippen LogP contribution in [0.15, 0.2) is 24.3 Å².